The lowest BCUT2D eigenvalue weighted by atomic mass is 9.95. The van der Waals surface area contributed by atoms with Crippen molar-refractivity contribution in [3.63, 3.8) is 0 Å². The largest absolute Gasteiger partial charge is 0.370 e. The Morgan fingerprint density at radius 3 is 2.48 bits per heavy atom. The van der Waals surface area contributed by atoms with Crippen LogP contribution in [0.25, 0.3) is 33.3 Å². The quantitative estimate of drug-likeness (QED) is 0.571. The van der Waals surface area contributed by atoms with Crippen molar-refractivity contribution in [1.29, 1.82) is 5.26 Å². The molecule has 3 aromatic heterocycles. The summed E-state index contributed by atoms with van der Waals surface area (Å²) in [6.07, 6.45) is 9.62. The van der Waals surface area contributed by atoms with E-state index in [4.69, 9.17) is 0 Å². The van der Waals surface area contributed by atoms with E-state index in [-0.39, 0.29) is 5.92 Å². The molecule has 0 aliphatic carbocycles. The highest BCUT2D eigenvalue weighted by Crippen LogP contribution is 2.38. The Morgan fingerprint density at radius 1 is 1.03 bits per heavy atom. The van der Waals surface area contributed by atoms with Crippen molar-refractivity contribution in [2.75, 3.05) is 18.0 Å². The number of nitrogens with zero attached hydrogens (tertiary/aromatic N) is 5. The Balaban J connectivity index is 1.55. The number of anilines is 1. The molecule has 5 rings (SSSR count). The number of nitriles is 1. The molecule has 4 heterocycles. The van der Waals surface area contributed by atoms with E-state index in [9.17, 15) is 5.26 Å². The molecule has 1 N–H and O–H groups in total. The van der Waals surface area contributed by atoms with Crippen LogP contribution in [0.1, 0.15) is 12.8 Å². The first kappa shape index (κ1) is 17.5. The number of hydrogen-bond donors (Lipinski definition) is 1. The van der Waals surface area contributed by atoms with Gasteiger partial charge in [-0.3, -0.25) is 4.68 Å². The van der Waals surface area contributed by atoms with Gasteiger partial charge in [-0.1, -0.05) is 24.3 Å². The highest BCUT2D eigenvalue weighted by atomic mass is 15.2. The van der Waals surface area contributed by atoms with E-state index in [1.165, 1.54) is 5.69 Å². The molecule has 1 aliphatic rings. The SMILES string of the molecule is Cn1cc(-c2ccc(-c3cnc4[nH]ccc4c3N3CCC(C#N)CC3)cc2)cn1. The monoisotopic (exact) mass is 382 g/mol. The van der Waals surface area contributed by atoms with Gasteiger partial charge in [0, 0.05) is 61.2 Å². The molecule has 4 aromatic rings. The third-order valence-electron chi connectivity index (χ3n) is 5.79. The third-order valence-corrected chi connectivity index (χ3v) is 5.79. The van der Waals surface area contributed by atoms with Crippen LogP contribution in [0.3, 0.4) is 0 Å². The second-order valence-corrected chi connectivity index (χ2v) is 7.63. The summed E-state index contributed by atoms with van der Waals surface area (Å²) in [5.74, 6) is 0.164. The van der Waals surface area contributed by atoms with Gasteiger partial charge in [-0.05, 0) is 30.0 Å². The second-order valence-electron chi connectivity index (χ2n) is 7.63. The van der Waals surface area contributed by atoms with Crippen LogP contribution in [0.5, 0.6) is 0 Å². The summed E-state index contributed by atoms with van der Waals surface area (Å²) in [4.78, 5) is 10.3. The molecule has 1 fully saturated rings. The molecular formula is C23H22N6. The van der Waals surface area contributed by atoms with Gasteiger partial charge in [0.25, 0.3) is 0 Å². The number of H-pyrrole nitrogens is 1. The van der Waals surface area contributed by atoms with Gasteiger partial charge in [-0.15, -0.1) is 0 Å². The van der Waals surface area contributed by atoms with Crippen LogP contribution in [0.4, 0.5) is 5.69 Å². The second kappa shape index (κ2) is 7.10. The summed E-state index contributed by atoms with van der Waals surface area (Å²) in [5.41, 5.74) is 6.64. The van der Waals surface area contributed by atoms with Crippen molar-refractivity contribution in [3.8, 4) is 28.3 Å². The minimum atomic E-state index is 0.164. The molecule has 29 heavy (non-hydrogen) atoms. The normalized spacial score (nSPS) is 15.0. The maximum atomic E-state index is 9.25. The summed E-state index contributed by atoms with van der Waals surface area (Å²) in [6, 6.07) is 13.1. The minimum absolute atomic E-state index is 0.164. The highest BCUT2D eigenvalue weighted by molar-refractivity contribution is 5.99. The van der Waals surface area contributed by atoms with Crippen LogP contribution in [0.15, 0.2) is 55.1 Å². The van der Waals surface area contributed by atoms with E-state index in [0.717, 1.165) is 59.2 Å². The first-order valence-electron chi connectivity index (χ1n) is 9.93. The molecular weight excluding hydrogens is 360 g/mol. The van der Waals surface area contributed by atoms with Crippen LogP contribution in [0.2, 0.25) is 0 Å². The average Bonchev–Trinajstić information content (AvgIpc) is 3.42. The molecule has 144 valence electrons. The number of fused-ring (bicyclic) bond motifs is 1. The molecule has 0 bridgehead atoms. The Hall–Kier alpha value is -3.59. The minimum Gasteiger partial charge on any atom is -0.370 e. The number of pyridine rings is 1. The van der Waals surface area contributed by atoms with Gasteiger partial charge in [0.15, 0.2) is 0 Å². The van der Waals surface area contributed by atoms with Crippen LogP contribution in [-0.2, 0) is 7.05 Å². The van der Waals surface area contributed by atoms with Crippen LogP contribution in [0, 0.1) is 17.2 Å². The molecule has 6 nitrogen and oxygen atoms in total. The number of piperidine rings is 1. The van der Waals surface area contributed by atoms with Crippen molar-refractivity contribution in [2.45, 2.75) is 12.8 Å². The van der Waals surface area contributed by atoms with E-state index in [0.29, 0.717) is 0 Å². The average molecular weight is 382 g/mol. The smallest absolute Gasteiger partial charge is 0.139 e. The fourth-order valence-electron chi connectivity index (χ4n) is 4.19. The van der Waals surface area contributed by atoms with Crippen molar-refractivity contribution in [2.24, 2.45) is 13.0 Å². The number of aromatic amines is 1. The summed E-state index contributed by atoms with van der Waals surface area (Å²) < 4.78 is 1.82. The molecule has 1 saturated heterocycles. The lowest BCUT2D eigenvalue weighted by Gasteiger charge is -2.33. The zero-order valence-corrected chi connectivity index (χ0v) is 16.3. The predicted octanol–water partition coefficient (Wildman–Crippen LogP) is 4.37. The van der Waals surface area contributed by atoms with Crippen molar-refractivity contribution >= 4 is 16.7 Å². The molecule has 0 saturated carbocycles. The molecule has 6 heteroatoms. The standard InChI is InChI=1S/C23H22N6/c1-28-15-19(13-27-28)17-2-4-18(5-3-17)21-14-26-23-20(6-9-25-23)22(21)29-10-7-16(12-24)8-11-29/h2-6,9,13-16H,7-8,10-11H2,1H3,(H,25,26). The van der Waals surface area contributed by atoms with E-state index < -0.39 is 0 Å². The lowest BCUT2D eigenvalue weighted by Crippen LogP contribution is -2.33. The third kappa shape index (κ3) is 3.15. The lowest BCUT2D eigenvalue weighted by molar-refractivity contribution is 0.488. The zero-order chi connectivity index (χ0) is 19.8. The number of rotatable bonds is 3. The van der Waals surface area contributed by atoms with Crippen molar-refractivity contribution in [3.05, 3.63) is 55.1 Å². The Morgan fingerprint density at radius 2 is 1.79 bits per heavy atom. The van der Waals surface area contributed by atoms with Crippen LogP contribution in [-0.4, -0.2) is 32.8 Å². The Kier molecular flexibility index (Phi) is 4.28. The number of aromatic nitrogens is 4. The van der Waals surface area contributed by atoms with Crippen molar-refractivity contribution in [1.82, 2.24) is 19.7 Å². The fraction of sp³-hybridized carbons (Fsp3) is 0.261. The molecule has 0 amide bonds. The van der Waals surface area contributed by atoms with Gasteiger partial charge < -0.3 is 9.88 Å². The maximum Gasteiger partial charge on any atom is 0.139 e. The van der Waals surface area contributed by atoms with E-state index in [2.05, 4.69) is 56.4 Å². The maximum absolute atomic E-state index is 9.25. The van der Waals surface area contributed by atoms with E-state index in [1.807, 2.05) is 36.5 Å². The summed E-state index contributed by atoms with van der Waals surface area (Å²) in [7, 11) is 1.93. The van der Waals surface area contributed by atoms with Crippen LogP contribution < -0.4 is 4.90 Å². The number of aryl methyl sites for hydroxylation is 1. The van der Waals surface area contributed by atoms with Gasteiger partial charge in [0.05, 0.1) is 18.0 Å². The van der Waals surface area contributed by atoms with Crippen molar-refractivity contribution < 1.29 is 0 Å². The fourth-order valence-corrected chi connectivity index (χ4v) is 4.19. The van der Waals surface area contributed by atoms with E-state index >= 15 is 0 Å². The highest BCUT2D eigenvalue weighted by Gasteiger charge is 2.23. The zero-order valence-electron chi connectivity index (χ0n) is 16.3. The number of benzene rings is 1. The molecule has 0 unspecified atom stereocenters. The molecule has 1 aliphatic heterocycles. The summed E-state index contributed by atoms with van der Waals surface area (Å²) in [5, 5.41) is 14.6. The van der Waals surface area contributed by atoms with Gasteiger partial charge in [0.2, 0.25) is 0 Å². The van der Waals surface area contributed by atoms with E-state index in [1.54, 1.807) is 0 Å². The number of nitrogens with one attached hydrogen (secondary N) is 1. The molecule has 0 spiro atoms. The molecule has 0 atom stereocenters. The van der Waals surface area contributed by atoms with Gasteiger partial charge in [-0.2, -0.15) is 10.4 Å². The topological polar surface area (TPSA) is 73.5 Å². The Bertz CT molecular complexity index is 1190. The van der Waals surface area contributed by atoms with Gasteiger partial charge in [-0.25, -0.2) is 4.98 Å². The van der Waals surface area contributed by atoms with Crippen LogP contribution >= 0.6 is 0 Å². The predicted molar refractivity (Wildman–Crippen MR) is 114 cm³/mol. The van der Waals surface area contributed by atoms with Gasteiger partial charge >= 0.3 is 0 Å². The Labute approximate surface area is 169 Å². The van der Waals surface area contributed by atoms with Gasteiger partial charge in [0.1, 0.15) is 5.65 Å². The summed E-state index contributed by atoms with van der Waals surface area (Å²) >= 11 is 0. The number of hydrogen-bond acceptors (Lipinski definition) is 4. The molecule has 0 radical (unpaired) electrons. The first-order chi connectivity index (χ1) is 14.2. The first-order valence-corrected chi connectivity index (χ1v) is 9.93. The summed E-state index contributed by atoms with van der Waals surface area (Å²) in [6.45, 7) is 1.78. The molecule has 1 aromatic carbocycles.